The number of fused-ring (bicyclic) bond motifs is 3. The van der Waals surface area contributed by atoms with E-state index in [1.165, 1.54) is 55.7 Å². The molecule has 0 spiro atoms. The van der Waals surface area contributed by atoms with Crippen LogP contribution in [0.1, 0.15) is 83.6 Å². The number of rotatable bonds is 2. The first-order valence-corrected chi connectivity index (χ1v) is 11.9. The van der Waals surface area contributed by atoms with Crippen molar-refractivity contribution >= 4 is 5.57 Å². The summed E-state index contributed by atoms with van der Waals surface area (Å²) in [6.07, 6.45) is 4.45. The minimum absolute atomic E-state index is 0.0770. The van der Waals surface area contributed by atoms with Crippen molar-refractivity contribution in [3.63, 3.8) is 0 Å². The van der Waals surface area contributed by atoms with Crippen LogP contribution in [-0.2, 0) is 12.8 Å². The Morgan fingerprint density at radius 1 is 1.03 bits per heavy atom. The maximum absolute atomic E-state index is 4.74. The molecule has 0 fully saturated rings. The lowest BCUT2D eigenvalue weighted by molar-refractivity contribution is 0.0544. The standard InChI is InChI=1S/C31H40/c1-12-24-13-14-25-16-29(9)17-30(10)15-19(4)26(18(2)3)22(7)31(30,11)23(8)28(29)21(6)27(25)20(24)5/h13-14H,2,6-7,12,15-17H2,1,3-5,8-11H3/t29-,30+,31-/m1/s1. The van der Waals surface area contributed by atoms with Crippen molar-refractivity contribution in [3.05, 3.63) is 87.6 Å². The molecule has 0 aromatic heterocycles. The highest BCUT2D eigenvalue weighted by molar-refractivity contribution is 5.87. The van der Waals surface area contributed by atoms with Crippen LogP contribution in [0, 0.1) is 23.2 Å². The second kappa shape index (κ2) is 6.71. The predicted molar refractivity (Wildman–Crippen MR) is 136 cm³/mol. The molecular weight excluding hydrogens is 372 g/mol. The van der Waals surface area contributed by atoms with Crippen molar-refractivity contribution in [1.29, 1.82) is 0 Å². The molecule has 164 valence electrons. The Kier molecular flexibility index (Phi) is 4.79. The van der Waals surface area contributed by atoms with Crippen LogP contribution < -0.4 is 0 Å². The summed E-state index contributed by atoms with van der Waals surface area (Å²) in [6.45, 7) is 32.6. The van der Waals surface area contributed by atoms with Crippen LogP contribution in [0.5, 0.6) is 0 Å². The molecule has 3 atom stereocenters. The van der Waals surface area contributed by atoms with Crippen LogP contribution in [0.2, 0.25) is 0 Å². The van der Waals surface area contributed by atoms with E-state index in [9.17, 15) is 0 Å². The van der Waals surface area contributed by atoms with E-state index in [1.807, 2.05) is 0 Å². The fourth-order valence-corrected chi connectivity index (χ4v) is 7.96. The van der Waals surface area contributed by atoms with Gasteiger partial charge in [0.25, 0.3) is 0 Å². The summed E-state index contributed by atoms with van der Waals surface area (Å²) >= 11 is 0. The Labute approximate surface area is 190 Å². The Balaban J connectivity index is 2.01. The SMILES string of the molecule is C=C(C)C1=C(C)C[C@@]2(C)C[C@@]3(C)Cc4ccc(CC)c(C)c4C(=C)C3=C(C)[C@@]2(C)C1=C. The number of aryl methyl sites for hydroxylation is 1. The average molecular weight is 413 g/mol. The zero-order chi connectivity index (χ0) is 23.1. The third-order valence-corrected chi connectivity index (χ3v) is 9.36. The lowest BCUT2D eigenvalue weighted by atomic mass is 9.41. The van der Waals surface area contributed by atoms with Gasteiger partial charge in [0.05, 0.1) is 0 Å². The second-order valence-electron chi connectivity index (χ2n) is 11.4. The molecule has 0 amide bonds. The molecule has 0 heteroatoms. The van der Waals surface area contributed by atoms with Crippen LogP contribution in [0.3, 0.4) is 0 Å². The Morgan fingerprint density at radius 2 is 1.68 bits per heavy atom. The van der Waals surface area contributed by atoms with Gasteiger partial charge < -0.3 is 0 Å². The molecule has 3 aliphatic rings. The molecule has 0 saturated heterocycles. The number of benzene rings is 1. The van der Waals surface area contributed by atoms with E-state index in [0.717, 1.165) is 31.3 Å². The summed E-state index contributed by atoms with van der Waals surface area (Å²) in [4.78, 5) is 0. The van der Waals surface area contributed by atoms with Crippen LogP contribution >= 0.6 is 0 Å². The lowest BCUT2D eigenvalue weighted by Gasteiger charge is -2.62. The molecule has 1 aromatic rings. The highest BCUT2D eigenvalue weighted by Crippen LogP contribution is 2.70. The Morgan fingerprint density at radius 3 is 2.26 bits per heavy atom. The Bertz CT molecular complexity index is 1120. The maximum atomic E-state index is 4.74. The molecule has 0 aliphatic heterocycles. The Hall–Kier alpha value is -2.08. The predicted octanol–water partition coefficient (Wildman–Crippen LogP) is 8.72. The fraction of sp³-hybridized carbons (Fsp3) is 0.484. The van der Waals surface area contributed by atoms with E-state index in [4.69, 9.17) is 13.2 Å². The molecule has 0 radical (unpaired) electrons. The summed E-state index contributed by atoms with van der Waals surface area (Å²) in [5.74, 6) is 0. The van der Waals surface area contributed by atoms with Gasteiger partial charge in [-0.15, -0.1) is 0 Å². The van der Waals surface area contributed by atoms with E-state index in [1.54, 1.807) is 0 Å². The van der Waals surface area contributed by atoms with Gasteiger partial charge >= 0.3 is 0 Å². The average Bonchev–Trinajstić information content (AvgIpc) is 2.64. The van der Waals surface area contributed by atoms with Crippen molar-refractivity contribution in [1.82, 2.24) is 0 Å². The zero-order valence-corrected chi connectivity index (χ0v) is 21.1. The molecule has 0 heterocycles. The molecule has 0 saturated carbocycles. The van der Waals surface area contributed by atoms with Gasteiger partial charge in [0, 0.05) is 5.41 Å². The van der Waals surface area contributed by atoms with Gasteiger partial charge in [-0.1, -0.05) is 76.3 Å². The monoisotopic (exact) mass is 412 g/mol. The number of hydrogen-bond donors (Lipinski definition) is 0. The van der Waals surface area contributed by atoms with Crippen molar-refractivity contribution in [2.45, 2.75) is 81.1 Å². The van der Waals surface area contributed by atoms with Crippen molar-refractivity contribution in [2.75, 3.05) is 0 Å². The number of allylic oxidation sites excluding steroid dienone is 7. The quantitative estimate of drug-likeness (QED) is 0.455. The molecule has 0 bridgehead atoms. The molecular formula is C31H40. The third-order valence-electron chi connectivity index (χ3n) is 9.36. The highest BCUT2D eigenvalue weighted by atomic mass is 14.6. The van der Waals surface area contributed by atoms with Gasteiger partial charge in [-0.25, -0.2) is 0 Å². The summed E-state index contributed by atoms with van der Waals surface area (Å²) in [6, 6.07) is 4.72. The van der Waals surface area contributed by atoms with E-state index < -0.39 is 0 Å². The van der Waals surface area contributed by atoms with Crippen LogP contribution in [0.25, 0.3) is 5.57 Å². The first-order valence-electron chi connectivity index (χ1n) is 11.9. The minimum Gasteiger partial charge on any atom is -0.0955 e. The van der Waals surface area contributed by atoms with Crippen LogP contribution in [0.15, 0.2) is 65.3 Å². The van der Waals surface area contributed by atoms with Gasteiger partial charge in [0.2, 0.25) is 0 Å². The zero-order valence-electron chi connectivity index (χ0n) is 21.1. The summed E-state index contributed by atoms with van der Waals surface area (Å²) in [5.41, 5.74) is 15.4. The number of hydrogen-bond acceptors (Lipinski definition) is 0. The largest absolute Gasteiger partial charge is 0.0955 e. The minimum atomic E-state index is -0.0770. The van der Waals surface area contributed by atoms with Gasteiger partial charge in [-0.2, -0.15) is 0 Å². The molecule has 3 aliphatic carbocycles. The van der Waals surface area contributed by atoms with E-state index >= 15 is 0 Å². The highest BCUT2D eigenvalue weighted by Gasteiger charge is 2.59. The third kappa shape index (κ3) is 2.66. The van der Waals surface area contributed by atoms with Gasteiger partial charge in [0.15, 0.2) is 0 Å². The molecule has 31 heavy (non-hydrogen) atoms. The molecule has 0 unspecified atom stereocenters. The van der Waals surface area contributed by atoms with Gasteiger partial charge in [0.1, 0.15) is 0 Å². The normalized spacial score (nSPS) is 32.6. The molecule has 0 N–H and O–H groups in total. The molecule has 1 aromatic carbocycles. The first-order chi connectivity index (χ1) is 14.3. The lowest BCUT2D eigenvalue weighted by Crippen LogP contribution is -2.52. The summed E-state index contributed by atoms with van der Waals surface area (Å²) in [7, 11) is 0. The van der Waals surface area contributed by atoms with Crippen molar-refractivity contribution in [3.8, 4) is 0 Å². The van der Waals surface area contributed by atoms with Gasteiger partial charge in [-0.3, -0.25) is 0 Å². The van der Waals surface area contributed by atoms with Crippen molar-refractivity contribution < 1.29 is 0 Å². The van der Waals surface area contributed by atoms with E-state index in [2.05, 4.69) is 74.1 Å². The molecule has 0 nitrogen and oxygen atoms in total. The molecule has 4 rings (SSSR count). The smallest absolute Gasteiger partial charge is 0.0194 e. The second-order valence-corrected chi connectivity index (χ2v) is 11.4. The summed E-state index contributed by atoms with van der Waals surface area (Å²) in [5, 5.41) is 0. The first kappa shape index (κ1) is 22.1. The van der Waals surface area contributed by atoms with E-state index in [-0.39, 0.29) is 16.2 Å². The van der Waals surface area contributed by atoms with E-state index in [0.29, 0.717) is 0 Å². The topological polar surface area (TPSA) is 0 Å². The fourth-order valence-electron chi connectivity index (χ4n) is 7.96. The van der Waals surface area contributed by atoms with Crippen LogP contribution in [-0.4, -0.2) is 0 Å². The summed E-state index contributed by atoms with van der Waals surface area (Å²) < 4.78 is 0. The maximum Gasteiger partial charge on any atom is 0.0194 e. The van der Waals surface area contributed by atoms with Crippen molar-refractivity contribution in [2.24, 2.45) is 16.2 Å². The van der Waals surface area contributed by atoms with Crippen LogP contribution in [0.4, 0.5) is 0 Å². The van der Waals surface area contributed by atoms with Gasteiger partial charge in [-0.05, 0) is 109 Å².